The Labute approximate surface area is 174 Å². The maximum absolute atomic E-state index is 13.6. The number of benzene rings is 2. The van der Waals surface area contributed by atoms with E-state index in [1.165, 1.54) is 18.2 Å². The average Bonchev–Trinajstić information content (AvgIpc) is 2.74. The van der Waals surface area contributed by atoms with E-state index in [0.29, 0.717) is 5.56 Å². The molecule has 0 bridgehead atoms. The van der Waals surface area contributed by atoms with Crippen LogP contribution in [-0.4, -0.2) is 44.3 Å². The van der Waals surface area contributed by atoms with Gasteiger partial charge < -0.3 is 15.2 Å². The first kappa shape index (κ1) is 22.1. The lowest BCUT2D eigenvalue weighted by Crippen LogP contribution is -2.49. The van der Waals surface area contributed by atoms with E-state index < -0.39 is 40.7 Å². The van der Waals surface area contributed by atoms with Gasteiger partial charge in [-0.1, -0.05) is 48.6 Å². The van der Waals surface area contributed by atoms with Gasteiger partial charge in [-0.05, 0) is 18.2 Å². The number of hydrogen-bond acceptors (Lipinski definition) is 5. The van der Waals surface area contributed by atoms with Crippen LogP contribution in [0, 0.1) is 5.82 Å². The van der Waals surface area contributed by atoms with Crippen LogP contribution in [0.3, 0.4) is 0 Å². The van der Waals surface area contributed by atoms with Crippen molar-refractivity contribution in [3.05, 3.63) is 78.1 Å². The van der Waals surface area contributed by atoms with Crippen LogP contribution in [0.1, 0.15) is 12.0 Å². The van der Waals surface area contributed by atoms with Crippen LogP contribution in [0.5, 0.6) is 0 Å². The molecular weight excluding hydrogens is 411 g/mol. The summed E-state index contributed by atoms with van der Waals surface area (Å²) in [6.07, 6.45) is 1.62. The van der Waals surface area contributed by atoms with Crippen LogP contribution in [0.25, 0.3) is 0 Å². The van der Waals surface area contributed by atoms with Crippen LogP contribution in [-0.2, 0) is 26.1 Å². The Morgan fingerprint density at radius 2 is 1.77 bits per heavy atom. The van der Waals surface area contributed by atoms with E-state index in [9.17, 15) is 22.7 Å². The number of rotatable bonds is 8. The summed E-state index contributed by atoms with van der Waals surface area (Å²) in [5.41, 5.74) is 0.370. The van der Waals surface area contributed by atoms with Gasteiger partial charge in [0.25, 0.3) is 0 Å². The molecule has 1 aliphatic rings. The lowest BCUT2D eigenvalue weighted by Gasteiger charge is -2.31. The first-order valence-corrected chi connectivity index (χ1v) is 10.9. The second kappa shape index (κ2) is 9.94. The van der Waals surface area contributed by atoms with Gasteiger partial charge in [0.15, 0.2) is 0 Å². The van der Waals surface area contributed by atoms with Gasteiger partial charge in [0, 0.05) is 12.1 Å². The molecule has 30 heavy (non-hydrogen) atoms. The van der Waals surface area contributed by atoms with Gasteiger partial charge in [0.05, 0.1) is 30.1 Å². The molecule has 1 amide bonds. The fourth-order valence-corrected chi connectivity index (χ4v) is 4.29. The van der Waals surface area contributed by atoms with Crippen molar-refractivity contribution in [3.63, 3.8) is 0 Å². The summed E-state index contributed by atoms with van der Waals surface area (Å²) >= 11 is 0. The second-order valence-corrected chi connectivity index (χ2v) is 8.53. The molecule has 0 spiro atoms. The number of ether oxygens (including phenoxy) is 1. The second-order valence-electron chi connectivity index (χ2n) is 6.81. The molecule has 0 aromatic heterocycles. The summed E-state index contributed by atoms with van der Waals surface area (Å²) in [7, 11) is -3.79. The number of sulfonamides is 1. The maximum Gasteiger partial charge on any atom is 0.241 e. The highest BCUT2D eigenvalue weighted by Crippen LogP contribution is 2.18. The molecule has 9 heteroatoms. The SMILES string of the molecule is O=C(C[C@H]1C=C[C@H](NS(=O)(=O)c2ccccc2)[C@@H](CO)O1)NCc1ccccc1F. The normalized spacial score (nSPS) is 21.3. The molecule has 0 saturated carbocycles. The number of amides is 1. The highest BCUT2D eigenvalue weighted by molar-refractivity contribution is 7.89. The first-order chi connectivity index (χ1) is 14.4. The number of aliphatic hydroxyl groups excluding tert-OH is 1. The minimum atomic E-state index is -3.79. The summed E-state index contributed by atoms with van der Waals surface area (Å²) in [6.45, 7) is -0.384. The molecule has 160 valence electrons. The van der Waals surface area contributed by atoms with Gasteiger partial charge in [0.2, 0.25) is 15.9 Å². The molecule has 0 aliphatic carbocycles. The number of halogens is 1. The predicted molar refractivity (Wildman–Crippen MR) is 108 cm³/mol. The molecule has 3 rings (SSSR count). The van der Waals surface area contributed by atoms with Crippen molar-refractivity contribution in [3.8, 4) is 0 Å². The fourth-order valence-electron chi connectivity index (χ4n) is 3.05. The van der Waals surface area contributed by atoms with Crippen molar-refractivity contribution >= 4 is 15.9 Å². The Morgan fingerprint density at radius 3 is 2.47 bits per heavy atom. The van der Waals surface area contributed by atoms with E-state index in [4.69, 9.17) is 4.74 Å². The zero-order valence-electron chi connectivity index (χ0n) is 16.1. The summed E-state index contributed by atoms with van der Waals surface area (Å²) in [5.74, 6) is -0.756. The van der Waals surface area contributed by atoms with Crippen LogP contribution < -0.4 is 10.0 Å². The van der Waals surface area contributed by atoms with Crippen molar-refractivity contribution in [2.24, 2.45) is 0 Å². The van der Waals surface area contributed by atoms with Gasteiger partial charge in [-0.15, -0.1) is 0 Å². The Bertz CT molecular complexity index is 997. The number of carbonyl (C=O) groups excluding carboxylic acids is 1. The number of aliphatic hydroxyl groups is 1. The minimum absolute atomic E-state index is 0.0421. The summed E-state index contributed by atoms with van der Waals surface area (Å²) in [5, 5.41) is 12.3. The molecule has 2 aromatic rings. The number of hydrogen-bond donors (Lipinski definition) is 3. The maximum atomic E-state index is 13.6. The van der Waals surface area contributed by atoms with E-state index in [0.717, 1.165) is 0 Å². The summed E-state index contributed by atoms with van der Waals surface area (Å²) < 4.78 is 46.8. The van der Waals surface area contributed by atoms with Crippen LogP contribution in [0.4, 0.5) is 4.39 Å². The molecule has 7 nitrogen and oxygen atoms in total. The minimum Gasteiger partial charge on any atom is -0.394 e. The number of nitrogens with one attached hydrogen (secondary N) is 2. The van der Waals surface area contributed by atoms with Gasteiger partial charge in [-0.25, -0.2) is 17.5 Å². The standard InChI is InChI=1S/C21H23FN2O5S/c22-18-9-5-4-6-15(18)13-23-21(26)12-16-10-11-19(20(14-25)29-16)24-30(27,28)17-7-2-1-3-8-17/h1-11,16,19-20,24-25H,12-14H2,(H,23,26)/t16-,19+,20-/m1/s1. The molecule has 3 N–H and O–H groups in total. The summed E-state index contributed by atoms with van der Waals surface area (Å²) in [6, 6.07) is 13.2. The van der Waals surface area contributed by atoms with Gasteiger partial charge in [-0.2, -0.15) is 0 Å². The van der Waals surface area contributed by atoms with Crippen molar-refractivity contribution < 1.29 is 27.4 Å². The Morgan fingerprint density at radius 1 is 1.07 bits per heavy atom. The molecule has 3 atom stereocenters. The molecule has 1 aliphatic heterocycles. The molecule has 2 aromatic carbocycles. The van der Waals surface area contributed by atoms with E-state index in [1.807, 2.05) is 0 Å². The largest absolute Gasteiger partial charge is 0.394 e. The van der Waals surface area contributed by atoms with Gasteiger partial charge in [-0.3, -0.25) is 4.79 Å². The first-order valence-electron chi connectivity index (χ1n) is 9.41. The van der Waals surface area contributed by atoms with Crippen molar-refractivity contribution in [2.45, 2.75) is 36.1 Å². The fraction of sp³-hybridized carbons (Fsp3) is 0.286. The summed E-state index contributed by atoms with van der Waals surface area (Å²) in [4.78, 5) is 12.3. The molecule has 1 heterocycles. The molecule has 0 unspecified atom stereocenters. The van der Waals surface area contributed by atoms with Gasteiger partial charge in [0.1, 0.15) is 11.9 Å². The van der Waals surface area contributed by atoms with E-state index in [-0.39, 0.29) is 23.8 Å². The van der Waals surface area contributed by atoms with E-state index >= 15 is 0 Å². The zero-order valence-corrected chi connectivity index (χ0v) is 16.9. The Hall–Kier alpha value is -2.59. The molecule has 0 radical (unpaired) electrons. The third kappa shape index (κ3) is 5.73. The van der Waals surface area contributed by atoms with E-state index in [1.54, 1.807) is 48.6 Å². The Balaban J connectivity index is 1.58. The average molecular weight is 434 g/mol. The number of carbonyl (C=O) groups is 1. The predicted octanol–water partition coefficient (Wildman–Crippen LogP) is 1.49. The van der Waals surface area contributed by atoms with E-state index in [2.05, 4.69) is 10.0 Å². The monoisotopic (exact) mass is 434 g/mol. The highest BCUT2D eigenvalue weighted by Gasteiger charge is 2.31. The molecule has 0 saturated heterocycles. The van der Waals surface area contributed by atoms with Crippen LogP contribution in [0.2, 0.25) is 0 Å². The highest BCUT2D eigenvalue weighted by atomic mass is 32.2. The Kier molecular flexibility index (Phi) is 7.33. The third-order valence-corrected chi connectivity index (χ3v) is 6.10. The van der Waals surface area contributed by atoms with Crippen molar-refractivity contribution in [1.82, 2.24) is 10.0 Å². The van der Waals surface area contributed by atoms with Crippen LogP contribution >= 0.6 is 0 Å². The molecular formula is C21H23FN2O5S. The topological polar surface area (TPSA) is 105 Å². The van der Waals surface area contributed by atoms with Crippen LogP contribution in [0.15, 0.2) is 71.6 Å². The smallest absolute Gasteiger partial charge is 0.241 e. The van der Waals surface area contributed by atoms with Gasteiger partial charge >= 0.3 is 0 Å². The lowest BCUT2D eigenvalue weighted by molar-refractivity contribution is -0.125. The third-order valence-electron chi connectivity index (χ3n) is 4.63. The lowest BCUT2D eigenvalue weighted by atomic mass is 10.1. The van der Waals surface area contributed by atoms with Crippen molar-refractivity contribution in [2.75, 3.05) is 6.61 Å². The quantitative estimate of drug-likeness (QED) is 0.546. The van der Waals surface area contributed by atoms with Crippen molar-refractivity contribution in [1.29, 1.82) is 0 Å². The zero-order chi connectivity index (χ0) is 21.6. The molecule has 0 fully saturated rings.